The van der Waals surface area contributed by atoms with Crippen molar-refractivity contribution in [3.05, 3.63) is 32.7 Å². The van der Waals surface area contributed by atoms with E-state index in [9.17, 15) is 9.59 Å². The predicted molar refractivity (Wildman–Crippen MR) is 71.1 cm³/mol. The summed E-state index contributed by atoms with van der Waals surface area (Å²) in [6.07, 6.45) is 3.77. The van der Waals surface area contributed by atoms with E-state index in [4.69, 9.17) is 0 Å². The fourth-order valence-electron chi connectivity index (χ4n) is 2.18. The van der Waals surface area contributed by atoms with Crippen LogP contribution in [0.3, 0.4) is 0 Å². The van der Waals surface area contributed by atoms with Gasteiger partial charge in [0.2, 0.25) is 0 Å². The zero-order chi connectivity index (χ0) is 13.7. The Kier molecular flexibility index (Phi) is 5.13. The smallest absolute Gasteiger partial charge is 0.354 e. The van der Waals surface area contributed by atoms with Crippen molar-refractivity contribution in [2.75, 3.05) is 7.11 Å². The molecule has 0 spiro atoms. The molecule has 100 valence electrons. The molecule has 0 bridgehead atoms. The standard InChI is InChI=1S/C12H15NO3.C2H6/c1-7-10(12(15)16-2)13-9-6-4-3-5-8(9)11(7)14;1-2/h3-6H2,1-2H3,(H,13,14);1-2H3. The molecule has 0 saturated heterocycles. The number of nitrogens with one attached hydrogen (secondary N) is 1. The van der Waals surface area contributed by atoms with Crippen LogP contribution >= 0.6 is 0 Å². The molecular formula is C14H21NO3. The number of aromatic amines is 1. The Labute approximate surface area is 107 Å². The number of carbonyl (C=O) groups excluding carboxylic acids is 1. The van der Waals surface area contributed by atoms with Gasteiger partial charge in [0, 0.05) is 16.8 Å². The number of aryl methyl sites for hydroxylation is 1. The van der Waals surface area contributed by atoms with E-state index in [1.54, 1.807) is 6.92 Å². The van der Waals surface area contributed by atoms with Crippen molar-refractivity contribution >= 4 is 5.97 Å². The summed E-state index contributed by atoms with van der Waals surface area (Å²) >= 11 is 0. The van der Waals surface area contributed by atoms with Gasteiger partial charge in [0.25, 0.3) is 0 Å². The molecule has 0 aromatic carbocycles. The van der Waals surface area contributed by atoms with Crippen molar-refractivity contribution in [2.24, 2.45) is 0 Å². The predicted octanol–water partition coefficient (Wildman–Crippen LogP) is 2.37. The van der Waals surface area contributed by atoms with E-state index in [-0.39, 0.29) is 5.43 Å². The van der Waals surface area contributed by atoms with Crippen LogP contribution in [0.15, 0.2) is 4.79 Å². The van der Waals surface area contributed by atoms with Crippen LogP contribution in [-0.2, 0) is 17.6 Å². The minimum Gasteiger partial charge on any atom is -0.464 e. The second-order valence-corrected chi connectivity index (χ2v) is 4.11. The van der Waals surface area contributed by atoms with Gasteiger partial charge in [-0.05, 0) is 32.6 Å². The molecule has 1 heterocycles. The van der Waals surface area contributed by atoms with Gasteiger partial charge in [-0.3, -0.25) is 4.79 Å². The van der Waals surface area contributed by atoms with Crippen molar-refractivity contribution in [3.8, 4) is 0 Å². The van der Waals surface area contributed by atoms with Gasteiger partial charge in [-0.1, -0.05) is 13.8 Å². The summed E-state index contributed by atoms with van der Waals surface area (Å²) in [4.78, 5) is 26.6. The van der Waals surface area contributed by atoms with Gasteiger partial charge in [-0.2, -0.15) is 0 Å². The van der Waals surface area contributed by atoms with E-state index in [2.05, 4.69) is 9.72 Å². The number of rotatable bonds is 1. The fourth-order valence-corrected chi connectivity index (χ4v) is 2.18. The first-order chi connectivity index (χ1) is 8.65. The van der Waals surface area contributed by atoms with E-state index in [0.29, 0.717) is 11.3 Å². The lowest BCUT2D eigenvalue weighted by Gasteiger charge is -2.17. The van der Waals surface area contributed by atoms with E-state index in [0.717, 1.165) is 36.9 Å². The summed E-state index contributed by atoms with van der Waals surface area (Å²) in [5.41, 5.74) is 2.51. The third kappa shape index (κ3) is 2.63. The maximum atomic E-state index is 12.0. The van der Waals surface area contributed by atoms with Gasteiger partial charge >= 0.3 is 5.97 Å². The van der Waals surface area contributed by atoms with Gasteiger partial charge in [0.05, 0.1) is 7.11 Å². The van der Waals surface area contributed by atoms with Crippen molar-refractivity contribution in [1.29, 1.82) is 0 Å². The number of methoxy groups -OCH3 is 1. The Bertz CT molecular complexity index is 489. The third-order valence-electron chi connectivity index (χ3n) is 3.12. The lowest BCUT2D eigenvalue weighted by molar-refractivity contribution is 0.0592. The van der Waals surface area contributed by atoms with Crippen LogP contribution < -0.4 is 5.43 Å². The molecule has 18 heavy (non-hydrogen) atoms. The van der Waals surface area contributed by atoms with Crippen molar-refractivity contribution in [2.45, 2.75) is 46.5 Å². The van der Waals surface area contributed by atoms with Crippen LogP contribution in [-0.4, -0.2) is 18.1 Å². The Morgan fingerprint density at radius 2 is 1.83 bits per heavy atom. The minimum atomic E-state index is -0.469. The van der Waals surface area contributed by atoms with E-state index >= 15 is 0 Å². The second kappa shape index (κ2) is 6.38. The molecule has 1 aliphatic carbocycles. The lowest BCUT2D eigenvalue weighted by atomic mass is 9.94. The molecule has 0 amide bonds. The van der Waals surface area contributed by atoms with Crippen LogP contribution in [0, 0.1) is 6.92 Å². The molecule has 0 atom stereocenters. The number of ether oxygens (including phenoxy) is 1. The highest BCUT2D eigenvalue weighted by atomic mass is 16.5. The summed E-state index contributed by atoms with van der Waals surface area (Å²) in [5.74, 6) is -0.469. The number of fused-ring (bicyclic) bond motifs is 1. The monoisotopic (exact) mass is 251 g/mol. The van der Waals surface area contributed by atoms with Crippen molar-refractivity contribution < 1.29 is 9.53 Å². The summed E-state index contributed by atoms with van der Waals surface area (Å²) in [6, 6.07) is 0. The molecule has 1 N–H and O–H groups in total. The molecule has 1 aromatic heterocycles. The van der Waals surface area contributed by atoms with Gasteiger partial charge in [-0.15, -0.1) is 0 Å². The first-order valence-electron chi connectivity index (χ1n) is 6.48. The highest BCUT2D eigenvalue weighted by Gasteiger charge is 2.20. The first kappa shape index (κ1) is 14.5. The summed E-state index contributed by atoms with van der Waals surface area (Å²) < 4.78 is 4.65. The Hall–Kier alpha value is -1.58. The number of carbonyl (C=O) groups is 1. The van der Waals surface area contributed by atoms with Crippen LogP contribution in [0.25, 0.3) is 0 Å². The normalized spacial score (nSPS) is 13.1. The third-order valence-corrected chi connectivity index (χ3v) is 3.12. The summed E-state index contributed by atoms with van der Waals surface area (Å²) in [7, 11) is 1.32. The van der Waals surface area contributed by atoms with Crippen LogP contribution in [0.1, 0.15) is 54.0 Å². The van der Waals surface area contributed by atoms with Gasteiger partial charge < -0.3 is 9.72 Å². The molecule has 0 aliphatic heterocycles. The average molecular weight is 251 g/mol. The zero-order valence-electron chi connectivity index (χ0n) is 11.6. The number of hydrogen-bond acceptors (Lipinski definition) is 3. The van der Waals surface area contributed by atoms with Crippen molar-refractivity contribution in [3.63, 3.8) is 0 Å². The van der Waals surface area contributed by atoms with E-state index in [1.165, 1.54) is 7.11 Å². The molecule has 0 unspecified atom stereocenters. The summed E-state index contributed by atoms with van der Waals surface area (Å²) in [6.45, 7) is 5.67. The molecule has 0 saturated carbocycles. The minimum absolute atomic E-state index is 0.00569. The number of pyridine rings is 1. The lowest BCUT2D eigenvalue weighted by Crippen LogP contribution is -2.24. The molecule has 1 aliphatic rings. The molecule has 4 heteroatoms. The number of H-pyrrole nitrogens is 1. The Balaban J connectivity index is 0.000000771. The fraction of sp³-hybridized carbons (Fsp3) is 0.571. The van der Waals surface area contributed by atoms with Crippen LogP contribution in [0.5, 0.6) is 0 Å². The highest BCUT2D eigenvalue weighted by molar-refractivity contribution is 5.88. The van der Waals surface area contributed by atoms with E-state index in [1.807, 2.05) is 13.8 Å². The largest absolute Gasteiger partial charge is 0.464 e. The first-order valence-corrected chi connectivity index (χ1v) is 6.48. The van der Waals surface area contributed by atoms with Crippen LogP contribution in [0.4, 0.5) is 0 Å². The molecule has 0 fully saturated rings. The quantitative estimate of drug-likeness (QED) is 0.779. The SMILES string of the molecule is CC.COC(=O)c1[nH]c2c(c(=O)c1C)CCCC2. The highest BCUT2D eigenvalue weighted by Crippen LogP contribution is 2.18. The maximum Gasteiger partial charge on any atom is 0.354 e. The van der Waals surface area contributed by atoms with Gasteiger partial charge in [0.1, 0.15) is 5.69 Å². The average Bonchev–Trinajstić information content (AvgIpc) is 2.44. The molecular weight excluding hydrogens is 230 g/mol. The Morgan fingerprint density at radius 1 is 1.22 bits per heavy atom. The van der Waals surface area contributed by atoms with E-state index < -0.39 is 5.97 Å². The van der Waals surface area contributed by atoms with Gasteiger partial charge in [0.15, 0.2) is 5.43 Å². The zero-order valence-corrected chi connectivity index (χ0v) is 11.6. The van der Waals surface area contributed by atoms with Crippen LogP contribution in [0.2, 0.25) is 0 Å². The molecule has 2 rings (SSSR count). The number of esters is 1. The maximum absolute atomic E-state index is 12.0. The second-order valence-electron chi connectivity index (χ2n) is 4.11. The molecule has 1 aromatic rings. The number of hydrogen-bond donors (Lipinski definition) is 1. The molecule has 0 radical (unpaired) electrons. The topological polar surface area (TPSA) is 59.2 Å². The van der Waals surface area contributed by atoms with Gasteiger partial charge in [-0.25, -0.2) is 4.79 Å². The number of aromatic nitrogens is 1. The molecule has 4 nitrogen and oxygen atoms in total. The van der Waals surface area contributed by atoms with Crippen molar-refractivity contribution in [1.82, 2.24) is 4.98 Å². The Morgan fingerprint density at radius 3 is 2.44 bits per heavy atom. The summed E-state index contributed by atoms with van der Waals surface area (Å²) in [5, 5.41) is 0.